The van der Waals surface area contributed by atoms with Gasteiger partial charge in [0.05, 0.1) is 4.92 Å². The van der Waals surface area contributed by atoms with E-state index in [0.717, 1.165) is 6.20 Å². The molecule has 7 heteroatoms. The first kappa shape index (κ1) is 12.9. The van der Waals surface area contributed by atoms with Crippen LogP contribution in [0.3, 0.4) is 0 Å². The van der Waals surface area contributed by atoms with Crippen LogP contribution in [0.1, 0.15) is 12.5 Å². The summed E-state index contributed by atoms with van der Waals surface area (Å²) in [6, 6.07) is 1.52. The number of aromatic nitrogens is 1. The molecule has 0 unspecified atom stereocenters. The maximum atomic E-state index is 10.6. The highest BCUT2D eigenvalue weighted by molar-refractivity contribution is 5.73. The van der Waals surface area contributed by atoms with E-state index in [1.54, 1.807) is 13.8 Å². The second kappa shape index (κ2) is 5.24. The zero-order valence-electron chi connectivity index (χ0n) is 9.58. The fraction of sp³-hybridized carbons (Fsp3) is 0.400. The third-order valence-electron chi connectivity index (χ3n) is 2.30. The molecule has 1 aromatic heterocycles. The molecule has 0 atom stereocenters. The summed E-state index contributed by atoms with van der Waals surface area (Å²) in [5, 5.41) is 19.3. The second-order valence-electron chi connectivity index (χ2n) is 3.49. The van der Waals surface area contributed by atoms with Crippen molar-refractivity contribution in [1.29, 1.82) is 0 Å². The van der Waals surface area contributed by atoms with E-state index in [4.69, 9.17) is 5.11 Å². The Hall–Kier alpha value is -2.18. The van der Waals surface area contributed by atoms with Crippen molar-refractivity contribution < 1.29 is 14.8 Å². The van der Waals surface area contributed by atoms with Crippen LogP contribution in [-0.2, 0) is 4.79 Å². The van der Waals surface area contributed by atoms with Gasteiger partial charge in [0.25, 0.3) is 5.69 Å². The summed E-state index contributed by atoms with van der Waals surface area (Å²) >= 11 is 0. The van der Waals surface area contributed by atoms with Crippen LogP contribution >= 0.6 is 0 Å². The van der Waals surface area contributed by atoms with Gasteiger partial charge in [-0.25, -0.2) is 4.98 Å². The van der Waals surface area contributed by atoms with Gasteiger partial charge in [-0.05, 0) is 19.9 Å². The number of carboxylic acids is 1. The number of carbonyl (C=O) groups is 1. The van der Waals surface area contributed by atoms with E-state index in [1.165, 1.54) is 11.0 Å². The molecule has 0 amide bonds. The Morgan fingerprint density at radius 1 is 1.65 bits per heavy atom. The minimum atomic E-state index is -0.968. The van der Waals surface area contributed by atoms with Crippen molar-refractivity contribution in [1.82, 2.24) is 4.98 Å². The smallest absolute Gasteiger partial charge is 0.323 e. The maximum absolute atomic E-state index is 10.6. The van der Waals surface area contributed by atoms with E-state index in [9.17, 15) is 14.9 Å². The third kappa shape index (κ3) is 3.13. The Kier molecular flexibility index (Phi) is 3.97. The molecule has 17 heavy (non-hydrogen) atoms. The van der Waals surface area contributed by atoms with E-state index in [2.05, 4.69) is 4.98 Å². The van der Waals surface area contributed by atoms with Gasteiger partial charge >= 0.3 is 5.97 Å². The number of anilines is 1. The number of hydrogen-bond acceptors (Lipinski definition) is 5. The van der Waals surface area contributed by atoms with E-state index >= 15 is 0 Å². The van der Waals surface area contributed by atoms with E-state index in [-0.39, 0.29) is 12.2 Å². The van der Waals surface area contributed by atoms with Gasteiger partial charge < -0.3 is 10.0 Å². The predicted octanol–water partition coefficient (Wildman–Crippen LogP) is 1.21. The number of hydrogen-bond donors (Lipinski definition) is 1. The Labute approximate surface area is 97.8 Å². The molecule has 0 bridgehead atoms. The van der Waals surface area contributed by atoms with Crippen LogP contribution in [0.15, 0.2) is 12.3 Å². The molecular formula is C10H13N3O4. The van der Waals surface area contributed by atoms with Crippen molar-refractivity contribution in [2.75, 3.05) is 18.0 Å². The first-order valence-corrected chi connectivity index (χ1v) is 5.03. The molecule has 0 fully saturated rings. The normalized spacial score (nSPS) is 10.0. The largest absolute Gasteiger partial charge is 0.480 e. The first-order chi connectivity index (χ1) is 7.95. The van der Waals surface area contributed by atoms with Gasteiger partial charge in [-0.15, -0.1) is 0 Å². The zero-order valence-corrected chi connectivity index (χ0v) is 9.58. The van der Waals surface area contributed by atoms with Crippen LogP contribution in [0.4, 0.5) is 11.5 Å². The number of nitro groups is 1. The lowest BCUT2D eigenvalue weighted by atomic mass is 10.2. The Balaban J connectivity index is 3.02. The van der Waals surface area contributed by atoms with Crippen LogP contribution in [0.5, 0.6) is 0 Å². The molecule has 0 aliphatic carbocycles. The summed E-state index contributed by atoms with van der Waals surface area (Å²) in [6.45, 7) is 3.68. The van der Waals surface area contributed by atoms with Gasteiger partial charge in [0.15, 0.2) is 0 Å². The molecule has 0 aromatic carbocycles. The molecule has 0 saturated carbocycles. The molecular weight excluding hydrogens is 226 g/mol. The van der Waals surface area contributed by atoms with Crippen molar-refractivity contribution >= 4 is 17.5 Å². The molecule has 7 nitrogen and oxygen atoms in total. The average Bonchev–Trinajstić information content (AvgIpc) is 2.24. The van der Waals surface area contributed by atoms with E-state index < -0.39 is 10.9 Å². The highest BCUT2D eigenvalue weighted by Crippen LogP contribution is 2.21. The van der Waals surface area contributed by atoms with Crippen molar-refractivity contribution in [3.63, 3.8) is 0 Å². The van der Waals surface area contributed by atoms with Gasteiger partial charge in [-0.1, -0.05) is 0 Å². The second-order valence-corrected chi connectivity index (χ2v) is 3.49. The number of aliphatic carboxylic acids is 1. The average molecular weight is 239 g/mol. The summed E-state index contributed by atoms with van der Waals surface area (Å²) < 4.78 is 0. The van der Waals surface area contributed by atoms with Crippen molar-refractivity contribution in [2.45, 2.75) is 13.8 Å². The van der Waals surface area contributed by atoms with Gasteiger partial charge in [0.1, 0.15) is 18.6 Å². The highest BCUT2D eigenvalue weighted by atomic mass is 16.6. The highest BCUT2D eigenvalue weighted by Gasteiger charge is 2.15. The quantitative estimate of drug-likeness (QED) is 0.612. The summed E-state index contributed by atoms with van der Waals surface area (Å²) in [4.78, 5) is 26.2. The molecule has 0 saturated heterocycles. The summed E-state index contributed by atoms with van der Waals surface area (Å²) in [7, 11) is 0. The van der Waals surface area contributed by atoms with Gasteiger partial charge in [0, 0.05) is 12.1 Å². The predicted molar refractivity (Wildman–Crippen MR) is 61.2 cm³/mol. The summed E-state index contributed by atoms with van der Waals surface area (Å²) in [5.41, 5.74) is 0.393. The number of aryl methyl sites for hydroxylation is 1. The fourth-order valence-corrected chi connectivity index (χ4v) is 1.42. The lowest BCUT2D eigenvalue weighted by Crippen LogP contribution is -2.30. The number of pyridine rings is 1. The molecule has 0 radical (unpaired) electrons. The Bertz CT molecular complexity index is 447. The Morgan fingerprint density at radius 3 is 2.71 bits per heavy atom. The van der Waals surface area contributed by atoms with Crippen LogP contribution in [0.2, 0.25) is 0 Å². The standard InChI is InChI=1S/C10H13N3O4/c1-3-12(6-10(14)15)9-4-7(2)8(5-11-9)13(16)17/h4-5H,3,6H2,1-2H3,(H,14,15). The number of rotatable bonds is 5. The molecule has 1 rings (SSSR count). The Morgan fingerprint density at radius 2 is 2.29 bits per heavy atom. The number of carboxylic acid groups (broad SMARTS) is 1. The first-order valence-electron chi connectivity index (χ1n) is 5.03. The molecule has 1 aromatic rings. The van der Waals surface area contributed by atoms with Gasteiger partial charge in [0.2, 0.25) is 0 Å². The fourth-order valence-electron chi connectivity index (χ4n) is 1.42. The monoisotopic (exact) mass is 239 g/mol. The maximum Gasteiger partial charge on any atom is 0.323 e. The molecule has 0 spiro atoms. The summed E-state index contributed by atoms with van der Waals surface area (Å²) in [6.07, 6.45) is 1.15. The third-order valence-corrected chi connectivity index (χ3v) is 2.30. The van der Waals surface area contributed by atoms with Crippen molar-refractivity contribution in [3.05, 3.63) is 27.9 Å². The lowest BCUT2D eigenvalue weighted by Gasteiger charge is -2.19. The van der Waals surface area contributed by atoms with Gasteiger partial charge in [-0.3, -0.25) is 14.9 Å². The molecule has 92 valence electrons. The van der Waals surface area contributed by atoms with Crippen LogP contribution in [-0.4, -0.2) is 34.1 Å². The SMILES string of the molecule is CCN(CC(=O)O)c1cc(C)c([N+](=O)[O-])cn1. The van der Waals surface area contributed by atoms with Crippen LogP contribution < -0.4 is 4.90 Å². The van der Waals surface area contributed by atoms with E-state index in [1.807, 2.05) is 0 Å². The van der Waals surface area contributed by atoms with Crippen molar-refractivity contribution in [3.8, 4) is 0 Å². The van der Waals surface area contributed by atoms with Crippen molar-refractivity contribution in [2.24, 2.45) is 0 Å². The zero-order chi connectivity index (χ0) is 13.0. The van der Waals surface area contributed by atoms with Gasteiger partial charge in [-0.2, -0.15) is 0 Å². The van der Waals surface area contributed by atoms with E-state index in [0.29, 0.717) is 17.9 Å². The topological polar surface area (TPSA) is 96.6 Å². The van der Waals surface area contributed by atoms with Crippen LogP contribution in [0.25, 0.3) is 0 Å². The molecule has 1 heterocycles. The molecule has 0 aliphatic heterocycles. The minimum Gasteiger partial charge on any atom is -0.480 e. The summed E-state index contributed by atoms with van der Waals surface area (Å²) in [5.74, 6) is -0.539. The number of nitrogens with zero attached hydrogens (tertiary/aromatic N) is 3. The van der Waals surface area contributed by atoms with Crippen LogP contribution in [0, 0.1) is 17.0 Å². The molecule has 0 aliphatic rings. The minimum absolute atomic E-state index is 0.0693. The lowest BCUT2D eigenvalue weighted by molar-refractivity contribution is -0.385. The number of likely N-dealkylation sites (N-methyl/N-ethyl adjacent to an activating group) is 1. The molecule has 1 N–H and O–H groups in total.